The van der Waals surface area contributed by atoms with Crippen molar-refractivity contribution in [1.82, 2.24) is 10.2 Å². The van der Waals surface area contributed by atoms with Gasteiger partial charge in [-0.15, -0.1) is 0 Å². The fraction of sp³-hybridized carbons (Fsp3) is 0.316. The number of sulfonamides is 1. The normalized spacial score (nSPS) is 13.8. The van der Waals surface area contributed by atoms with Gasteiger partial charge in [-0.1, -0.05) is 79.0 Å². The van der Waals surface area contributed by atoms with Gasteiger partial charge in [-0.2, -0.15) is 0 Å². The van der Waals surface area contributed by atoms with Crippen LogP contribution in [-0.2, 0) is 32.6 Å². The van der Waals surface area contributed by atoms with E-state index in [1.165, 1.54) is 29.2 Å². The van der Waals surface area contributed by atoms with Crippen LogP contribution in [0, 0.1) is 0 Å². The van der Waals surface area contributed by atoms with Crippen LogP contribution >= 0.6 is 11.6 Å². The first kappa shape index (κ1) is 35.8. The first-order valence-corrected chi connectivity index (χ1v) is 18.3. The van der Waals surface area contributed by atoms with Crippen molar-refractivity contribution in [3.63, 3.8) is 0 Å². The summed E-state index contributed by atoms with van der Waals surface area (Å²) in [5.74, 6) is 0.0509. The number of methoxy groups -OCH3 is 1. The number of anilines is 1. The molecule has 49 heavy (non-hydrogen) atoms. The third-order valence-electron chi connectivity index (χ3n) is 8.57. The third-order valence-corrected chi connectivity index (χ3v) is 10.6. The highest BCUT2D eigenvalue weighted by Gasteiger charge is 2.36. The lowest BCUT2D eigenvalue weighted by Gasteiger charge is -2.34. The number of halogens is 1. The predicted molar refractivity (Wildman–Crippen MR) is 191 cm³/mol. The second-order valence-corrected chi connectivity index (χ2v) is 14.2. The van der Waals surface area contributed by atoms with Crippen molar-refractivity contribution in [3.05, 3.63) is 119 Å². The number of benzene rings is 4. The monoisotopic (exact) mass is 703 g/mol. The molecule has 1 atom stereocenters. The molecule has 0 radical (unpaired) electrons. The maximum Gasteiger partial charge on any atom is 0.264 e. The Morgan fingerprint density at radius 3 is 2.27 bits per heavy atom. The second kappa shape index (κ2) is 16.7. The van der Waals surface area contributed by atoms with Crippen molar-refractivity contribution in [1.29, 1.82) is 0 Å². The summed E-state index contributed by atoms with van der Waals surface area (Å²) < 4.78 is 41.1. The molecule has 11 heteroatoms. The molecule has 0 aliphatic heterocycles. The first-order valence-electron chi connectivity index (χ1n) is 16.5. The van der Waals surface area contributed by atoms with Crippen LogP contribution in [0.2, 0.25) is 5.02 Å². The largest absolute Gasteiger partial charge is 0.497 e. The standard InChI is InChI=1S/C38H42ClN3O6S/c1-3-48-36-19-10-9-18-34(36)42(49(45,46)33-22-20-30(39)21-23-33)27-37(43)41(26-29-14-11-17-32(24-29)47-2)35(25-28-12-5-4-6-13-28)38(44)40-31-15-7-8-16-31/h4-6,9-14,17-24,31,35H,3,7-8,15-16,25-27H2,1-2H3,(H,40,44)/t35-/m1/s1. The Balaban J connectivity index is 1.60. The molecule has 0 aromatic heterocycles. The van der Waals surface area contributed by atoms with Gasteiger partial charge in [0, 0.05) is 24.0 Å². The molecule has 5 rings (SSSR count). The molecule has 9 nitrogen and oxygen atoms in total. The lowest BCUT2D eigenvalue weighted by Crippen LogP contribution is -2.54. The Morgan fingerprint density at radius 1 is 0.898 bits per heavy atom. The molecule has 0 bridgehead atoms. The molecule has 258 valence electrons. The van der Waals surface area contributed by atoms with Gasteiger partial charge in [-0.25, -0.2) is 8.42 Å². The van der Waals surface area contributed by atoms with E-state index in [1.54, 1.807) is 50.4 Å². The molecule has 1 aliphatic rings. The van der Waals surface area contributed by atoms with E-state index in [2.05, 4.69) is 5.32 Å². The van der Waals surface area contributed by atoms with Crippen LogP contribution < -0.4 is 19.1 Å². The van der Waals surface area contributed by atoms with E-state index < -0.39 is 28.5 Å². The average molecular weight is 704 g/mol. The highest BCUT2D eigenvalue weighted by Crippen LogP contribution is 2.33. The third kappa shape index (κ3) is 9.13. The van der Waals surface area contributed by atoms with Crippen LogP contribution in [0.5, 0.6) is 11.5 Å². The maximum absolute atomic E-state index is 14.8. The van der Waals surface area contributed by atoms with E-state index in [0.717, 1.165) is 41.1 Å². The van der Waals surface area contributed by atoms with Crippen LogP contribution in [0.1, 0.15) is 43.7 Å². The van der Waals surface area contributed by atoms with Crippen LogP contribution in [-0.4, -0.2) is 57.5 Å². The van der Waals surface area contributed by atoms with Crippen molar-refractivity contribution in [2.45, 2.75) is 62.6 Å². The molecule has 1 aliphatic carbocycles. The topological polar surface area (TPSA) is 105 Å². The smallest absolute Gasteiger partial charge is 0.264 e. The number of hydrogen-bond acceptors (Lipinski definition) is 6. The molecule has 1 saturated carbocycles. The van der Waals surface area contributed by atoms with Gasteiger partial charge in [0.05, 0.1) is 24.3 Å². The second-order valence-electron chi connectivity index (χ2n) is 11.9. The average Bonchev–Trinajstić information content (AvgIpc) is 3.63. The van der Waals surface area contributed by atoms with Crippen molar-refractivity contribution in [3.8, 4) is 11.5 Å². The van der Waals surface area contributed by atoms with Gasteiger partial charge in [-0.05, 0) is 79.4 Å². The number of hydrogen-bond donors (Lipinski definition) is 1. The predicted octanol–water partition coefficient (Wildman–Crippen LogP) is 6.64. The SMILES string of the molecule is CCOc1ccccc1N(CC(=O)N(Cc1cccc(OC)c1)[C@H](Cc1ccccc1)C(=O)NC1CCCC1)S(=O)(=O)c1ccc(Cl)cc1. The lowest BCUT2D eigenvalue weighted by molar-refractivity contribution is -0.140. The molecule has 4 aromatic rings. The minimum Gasteiger partial charge on any atom is -0.497 e. The van der Waals surface area contributed by atoms with Gasteiger partial charge in [0.25, 0.3) is 10.0 Å². The van der Waals surface area contributed by atoms with Gasteiger partial charge >= 0.3 is 0 Å². The van der Waals surface area contributed by atoms with Crippen molar-refractivity contribution < 1.29 is 27.5 Å². The molecular formula is C38H42ClN3O6S. The van der Waals surface area contributed by atoms with Crippen LogP contribution in [0.15, 0.2) is 108 Å². The highest BCUT2D eigenvalue weighted by molar-refractivity contribution is 7.92. The van der Waals surface area contributed by atoms with E-state index in [-0.39, 0.29) is 42.1 Å². The highest BCUT2D eigenvalue weighted by atomic mass is 35.5. The summed E-state index contributed by atoms with van der Waals surface area (Å²) in [6.07, 6.45) is 4.02. The Hall–Kier alpha value is -4.54. The molecule has 1 N–H and O–H groups in total. The number of nitrogens with one attached hydrogen (secondary N) is 1. The Labute approximate surface area is 293 Å². The van der Waals surface area contributed by atoms with Gasteiger partial charge in [0.15, 0.2) is 0 Å². The molecule has 4 aromatic carbocycles. The van der Waals surface area contributed by atoms with Crippen LogP contribution in [0.25, 0.3) is 0 Å². The van der Waals surface area contributed by atoms with Crippen molar-refractivity contribution in [2.24, 2.45) is 0 Å². The lowest BCUT2D eigenvalue weighted by atomic mass is 10.0. The number of nitrogens with zero attached hydrogens (tertiary/aromatic N) is 2. The first-order chi connectivity index (χ1) is 23.7. The number of carbonyl (C=O) groups is 2. The summed E-state index contributed by atoms with van der Waals surface area (Å²) in [4.78, 5) is 30.5. The quantitative estimate of drug-likeness (QED) is 0.149. The van der Waals surface area contributed by atoms with Gasteiger partial charge in [0.2, 0.25) is 11.8 Å². The summed E-state index contributed by atoms with van der Waals surface area (Å²) in [5.41, 5.74) is 1.79. The number of carbonyl (C=O) groups excluding carboxylic acids is 2. The number of para-hydroxylation sites is 2. The molecular weight excluding hydrogens is 662 g/mol. The number of ether oxygens (including phenoxy) is 2. The summed E-state index contributed by atoms with van der Waals surface area (Å²) in [7, 11) is -2.76. The van der Waals surface area contributed by atoms with Crippen LogP contribution in [0.4, 0.5) is 5.69 Å². The zero-order valence-corrected chi connectivity index (χ0v) is 29.3. The Kier molecular flexibility index (Phi) is 12.2. The Morgan fingerprint density at radius 2 is 1.57 bits per heavy atom. The fourth-order valence-corrected chi connectivity index (χ4v) is 7.63. The van der Waals surface area contributed by atoms with Crippen molar-refractivity contribution >= 4 is 39.1 Å². The summed E-state index contributed by atoms with van der Waals surface area (Å²) in [5, 5.41) is 3.57. The Bertz CT molecular complexity index is 1810. The summed E-state index contributed by atoms with van der Waals surface area (Å²) in [6.45, 7) is 1.52. The van der Waals surface area contributed by atoms with Gasteiger partial charge < -0.3 is 19.7 Å². The molecule has 1 fully saturated rings. The maximum atomic E-state index is 14.8. The van der Waals surface area contributed by atoms with Gasteiger partial charge in [-0.3, -0.25) is 13.9 Å². The molecule has 0 spiro atoms. The molecule has 0 heterocycles. The summed E-state index contributed by atoms with van der Waals surface area (Å²) in [6, 6.07) is 28.3. The van der Waals surface area contributed by atoms with E-state index in [4.69, 9.17) is 21.1 Å². The minimum absolute atomic E-state index is 0.0133. The van der Waals surface area contributed by atoms with E-state index >= 15 is 0 Å². The fourth-order valence-electron chi connectivity index (χ4n) is 6.08. The summed E-state index contributed by atoms with van der Waals surface area (Å²) >= 11 is 6.11. The number of amides is 2. The van der Waals surface area contributed by atoms with E-state index in [1.807, 2.05) is 42.5 Å². The van der Waals surface area contributed by atoms with Gasteiger partial charge in [0.1, 0.15) is 24.1 Å². The minimum atomic E-state index is -4.32. The van der Waals surface area contributed by atoms with E-state index in [9.17, 15) is 18.0 Å². The zero-order valence-electron chi connectivity index (χ0n) is 27.8. The van der Waals surface area contributed by atoms with Crippen LogP contribution in [0.3, 0.4) is 0 Å². The molecule has 0 saturated heterocycles. The molecule has 0 unspecified atom stereocenters. The number of rotatable bonds is 15. The van der Waals surface area contributed by atoms with E-state index in [0.29, 0.717) is 16.5 Å². The van der Waals surface area contributed by atoms with Crippen molar-refractivity contribution in [2.75, 3.05) is 24.6 Å². The molecule has 2 amide bonds. The zero-order chi connectivity index (χ0) is 34.8.